The Labute approximate surface area is 185 Å². The highest BCUT2D eigenvalue weighted by Crippen LogP contribution is 2.44. The zero-order chi connectivity index (χ0) is 23.0. The molecule has 8 heteroatoms. The van der Waals surface area contributed by atoms with Crippen molar-refractivity contribution in [2.45, 2.75) is 77.4 Å². The fourth-order valence-electron chi connectivity index (χ4n) is 4.59. The second-order valence-corrected chi connectivity index (χ2v) is 9.15. The highest BCUT2D eigenvalue weighted by atomic mass is 16.5. The molecule has 1 aliphatic heterocycles. The van der Waals surface area contributed by atoms with Crippen LogP contribution in [-0.4, -0.2) is 35.2 Å². The number of fused-ring (bicyclic) bond motifs is 5. The summed E-state index contributed by atoms with van der Waals surface area (Å²) in [5.41, 5.74) is 2.19. The van der Waals surface area contributed by atoms with Crippen LogP contribution in [0.1, 0.15) is 63.1 Å². The smallest absolute Gasteiger partial charge is 0.339 e. The van der Waals surface area contributed by atoms with E-state index < -0.39 is 17.9 Å². The van der Waals surface area contributed by atoms with Crippen LogP contribution in [0.4, 0.5) is 0 Å². The Hall–Kier alpha value is -3.03. The predicted molar refractivity (Wildman–Crippen MR) is 118 cm³/mol. The molecular weight excluding hydrogens is 414 g/mol. The van der Waals surface area contributed by atoms with Gasteiger partial charge in [-0.05, 0) is 57.9 Å². The predicted octanol–water partition coefficient (Wildman–Crippen LogP) is 3.13. The number of hydrogen-bond acceptors (Lipinski definition) is 6. The Morgan fingerprint density at radius 3 is 2.69 bits per heavy atom. The van der Waals surface area contributed by atoms with Gasteiger partial charge in [0.1, 0.15) is 28.7 Å². The van der Waals surface area contributed by atoms with E-state index in [1.54, 1.807) is 6.07 Å². The number of amides is 1. The number of carbonyl (C=O) groups is 2. The number of rotatable bonds is 7. The molecule has 0 fully saturated rings. The number of carbonyl (C=O) groups excluding carboxylic acids is 1. The van der Waals surface area contributed by atoms with Crippen molar-refractivity contribution in [3.63, 3.8) is 0 Å². The molecule has 0 bridgehead atoms. The van der Waals surface area contributed by atoms with Crippen molar-refractivity contribution in [2.75, 3.05) is 6.61 Å². The van der Waals surface area contributed by atoms with E-state index in [9.17, 15) is 19.5 Å². The average molecular weight is 443 g/mol. The summed E-state index contributed by atoms with van der Waals surface area (Å²) >= 11 is 0. The number of carboxylic acid groups (broad SMARTS) is 1. The summed E-state index contributed by atoms with van der Waals surface area (Å²) in [6.45, 7) is 5.49. The zero-order valence-corrected chi connectivity index (χ0v) is 18.7. The lowest BCUT2D eigenvalue weighted by Gasteiger charge is -2.33. The first-order chi connectivity index (χ1) is 15.2. The summed E-state index contributed by atoms with van der Waals surface area (Å²) in [6, 6.07) is 0.813. The van der Waals surface area contributed by atoms with Crippen LogP contribution >= 0.6 is 0 Å². The maximum Gasteiger partial charge on any atom is 0.339 e. The zero-order valence-electron chi connectivity index (χ0n) is 18.7. The molecule has 0 spiro atoms. The number of aryl methyl sites for hydroxylation is 2. The van der Waals surface area contributed by atoms with Crippen LogP contribution < -0.4 is 20.4 Å². The van der Waals surface area contributed by atoms with Gasteiger partial charge in [0.2, 0.25) is 0 Å². The number of aliphatic carboxylic acids is 1. The van der Waals surface area contributed by atoms with Crippen LogP contribution in [0.25, 0.3) is 11.0 Å². The van der Waals surface area contributed by atoms with Crippen LogP contribution in [0.15, 0.2) is 15.3 Å². The van der Waals surface area contributed by atoms with Gasteiger partial charge in [0, 0.05) is 17.2 Å². The van der Waals surface area contributed by atoms with E-state index in [1.807, 2.05) is 20.8 Å². The first-order valence-electron chi connectivity index (χ1n) is 11.2. The molecule has 1 aliphatic carbocycles. The third-order valence-corrected chi connectivity index (χ3v) is 6.20. The minimum absolute atomic E-state index is 0.323. The SMILES string of the molecule is CCC[C@H](NC(=O)COc1cc2c(c3oc(=O)c4c(c13)CCC4)CCC(C)(C)O2)C(=O)O. The van der Waals surface area contributed by atoms with Gasteiger partial charge in [-0.25, -0.2) is 9.59 Å². The first-order valence-corrected chi connectivity index (χ1v) is 11.2. The summed E-state index contributed by atoms with van der Waals surface area (Å²) in [6.07, 6.45) is 4.71. The molecule has 32 heavy (non-hydrogen) atoms. The highest BCUT2D eigenvalue weighted by Gasteiger charge is 2.32. The second kappa shape index (κ2) is 8.48. The summed E-state index contributed by atoms with van der Waals surface area (Å²) in [5, 5.41) is 12.5. The molecule has 1 atom stereocenters. The van der Waals surface area contributed by atoms with Crippen molar-refractivity contribution in [2.24, 2.45) is 0 Å². The summed E-state index contributed by atoms with van der Waals surface area (Å²) in [7, 11) is 0. The van der Waals surface area contributed by atoms with E-state index in [-0.39, 0.29) is 17.8 Å². The molecule has 2 N–H and O–H groups in total. The third kappa shape index (κ3) is 4.18. The molecule has 8 nitrogen and oxygen atoms in total. The molecule has 0 saturated heterocycles. The van der Waals surface area contributed by atoms with Crippen LogP contribution in [-0.2, 0) is 28.9 Å². The van der Waals surface area contributed by atoms with Crippen LogP contribution in [0.2, 0.25) is 0 Å². The van der Waals surface area contributed by atoms with Gasteiger partial charge < -0.3 is 24.3 Å². The van der Waals surface area contributed by atoms with E-state index in [1.165, 1.54) is 0 Å². The standard InChI is InChI=1S/C24H29NO7/c1-4-6-16(22(27)28)25-19(26)12-30-18-11-17-15(9-10-24(2,3)32-17)21-20(18)13-7-5-8-14(13)23(29)31-21/h11,16H,4-10,12H2,1-3H3,(H,25,26)(H,27,28)/t16-/m0/s1. The molecule has 2 heterocycles. The maximum atomic E-state index is 12.6. The molecule has 2 aromatic rings. The van der Waals surface area contributed by atoms with E-state index in [0.29, 0.717) is 48.3 Å². The maximum absolute atomic E-state index is 12.6. The van der Waals surface area contributed by atoms with Gasteiger partial charge in [0.25, 0.3) is 5.91 Å². The fraction of sp³-hybridized carbons (Fsp3) is 0.542. The van der Waals surface area contributed by atoms with Crippen LogP contribution in [0.3, 0.4) is 0 Å². The van der Waals surface area contributed by atoms with Gasteiger partial charge in [-0.3, -0.25) is 4.79 Å². The Morgan fingerprint density at radius 2 is 1.97 bits per heavy atom. The lowest BCUT2D eigenvalue weighted by molar-refractivity contribution is -0.142. The monoisotopic (exact) mass is 443 g/mol. The molecule has 172 valence electrons. The van der Waals surface area contributed by atoms with Crippen molar-refractivity contribution in [1.82, 2.24) is 5.32 Å². The number of nitrogens with one attached hydrogen (secondary N) is 1. The summed E-state index contributed by atoms with van der Waals surface area (Å²) in [4.78, 5) is 36.4. The van der Waals surface area contributed by atoms with Gasteiger partial charge in [-0.1, -0.05) is 13.3 Å². The normalized spacial score (nSPS) is 17.2. The van der Waals surface area contributed by atoms with Crippen molar-refractivity contribution in [3.8, 4) is 11.5 Å². The van der Waals surface area contributed by atoms with Gasteiger partial charge in [0.15, 0.2) is 6.61 Å². The van der Waals surface area contributed by atoms with Gasteiger partial charge >= 0.3 is 11.6 Å². The lowest BCUT2D eigenvalue weighted by atomic mass is 9.91. The molecule has 0 radical (unpaired) electrons. The van der Waals surface area contributed by atoms with Crippen LogP contribution in [0, 0.1) is 0 Å². The fourth-order valence-corrected chi connectivity index (χ4v) is 4.59. The van der Waals surface area contributed by atoms with E-state index in [2.05, 4.69) is 5.32 Å². The molecule has 0 saturated carbocycles. The minimum Gasteiger partial charge on any atom is -0.487 e. The van der Waals surface area contributed by atoms with Crippen molar-refractivity contribution < 1.29 is 28.6 Å². The summed E-state index contributed by atoms with van der Waals surface area (Å²) < 4.78 is 17.8. The average Bonchev–Trinajstić information content (AvgIpc) is 3.21. The summed E-state index contributed by atoms with van der Waals surface area (Å²) in [5.74, 6) is -0.600. The quantitative estimate of drug-likeness (QED) is 0.632. The molecule has 1 amide bonds. The third-order valence-electron chi connectivity index (χ3n) is 6.20. The number of carboxylic acids is 1. The molecule has 1 aromatic heterocycles. The Balaban J connectivity index is 1.71. The number of hydrogen-bond donors (Lipinski definition) is 2. The van der Waals surface area contributed by atoms with Gasteiger partial charge in [-0.15, -0.1) is 0 Å². The molecule has 0 unspecified atom stereocenters. The second-order valence-electron chi connectivity index (χ2n) is 9.15. The van der Waals surface area contributed by atoms with E-state index >= 15 is 0 Å². The van der Waals surface area contributed by atoms with Crippen molar-refractivity contribution in [3.05, 3.63) is 33.2 Å². The molecule has 2 aliphatic rings. The van der Waals surface area contributed by atoms with Crippen LogP contribution in [0.5, 0.6) is 11.5 Å². The first kappa shape index (κ1) is 22.2. The Kier molecular flexibility index (Phi) is 5.88. The van der Waals surface area contributed by atoms with Gasteiger partial charge in [0.05, 0.1) is 5.39 Å². The topological polar surface area (TPSA) is 115 Å². The molecule has 1 aromatic carbocycles. The Morgan fingerprint density at radius 1 is 1.22 bits per heavy atom. The largest absolute Gasteiger partial charge is 0.487 e. The van der Waals surface area contributed by atoms with E-state index in [4.69, 9.17) is 13.9 Å². The van der Waals surface area contributed by atoms with Crippen molar-refractivity contribution >= 4 is 22.8 Å². The number of benzene rings is 1. The Bertz CT molecular complexity index is 1130. The van der Waals surface area contributed by atoms with Gasteiger partial charge in [-0.2, -0.15) is 0 Å². The minimum atomic E-state index is -1.07. The van der Waals surface area contributed by atoms with E-state index in [0.717, 1.165) is 35.8 Å². The number of ether oxygens (including phenoxy) is 2. The lowest BCUT2D eigenvalue weighted by Crippen LogP contribution is -2.42. The highest BCUT2D eigenvalue weighted by molar-refractivity contribution is 5.93. The molecular formula is C24H29NO7. The molecule has 4 rings (SSSR count). The van der Waals surface area contributed by atoms with Crippen molar-refractivity contribution in [1.29, 1.82) is 0 Å².